The first-order valence-corrected chi connectivity index (χ1v) is 6.12. The van der Waals surface area contributed by atoms with Crippen LogP contribution < -0.4 is 0 Å². The second-order valence-electron chi connectivity index (χ2n) is 4.50. The summed E-state index contributed by atoms with van der Waals surface area (Å²) in [6.45, 7) is 0. The Morgan fingerprint density at radius 1 is 1.00 bits per heavy atom. The van der Waals surface area contributed by atoms with Gasteiger partial charge in [0.15, 0.2) is 0 Å². The summed E-state index contributed by atoms with van der Waals surface area (Å²) in [5.74, 6) is 0.762. The van der Waals surface area contributed by atoms with E-state index < -0.39 is 0 Å². The fourth-order valence-corrected chi connectivity index (χ4v) is 2.47. The van der Waals surface area contributed by atoms with Crippen molar-refractivity contribution in [1.29, 1.82) is 0 Å². The molecule has 1 fully saturated rings. The SMILES string of the molecule is O=CC=Cc1ccc(C2CCCCC2)cc1. The molecule has 16 heavy (non-hydrogen) atoms. The second kappa shape index (κ2) is 5.64. The smallest absolute Gasteiger partial charge is 0.142 e. The third-order valence-corrected chi connectivity index (χ3v) is 3.38. The standard InChI is InChI=1S/C15H18O/c16-12-4-5-13-8-10-15(11-9-13)14-6-2-1-3-7-14/h4-5,8-12,14H,1-3,6-7H2. The molecule has 0 aliphatic heterocycles. The highest BCUT2D eigenvalue weighted by Gasteiger charge is 2.14. The van der Waals surface area contributed by atoms with Crippen LogP contribution in [0.2, 0.25) is 0 Å². The van der Waals surface area contributed by atoms with Gasteiger partial charge in [-0.15, -0.1) is 0 Å². The summed E-state index contributed by atoms with van der Waals surface area (Å²) in [4.78, 5) is 10.2. The minimum Gasteiger partial charge on any atom is -0.299 e. The maximum absolute atomic E-state index is 10.2. The molecular weight excluding hydrogens is 196 g/mol. The van der Waals surface area contributed by atoms with Crippen LogP contribution in [0.4, 0.5) is 0 Å². The third-order valence-electron chi connectivity index (χ3n) is 3.38. The summed E-state index contributed by atoms with van der Waals surface area (Å²) in [5.41, 5.74) is 2.56. The Bertz CT molecular complexity index is 356. The Kier molecular flexibility index (Phi) is 3.92. The molecule has 2 rings (SSSR count). The van der Waals surface area contributed by atoms with Crippen LogP contribution in [0, 0.1) is 0 Å². The zero-order valence-corrected chi connectivity index (χ0v) is 9.56. The Morgan fingerprint density at radius 2 is 1.69 bits per heavy atom. The summed E-state index contributed by atoms with van der Waals surface area (Å²) >= 11 is 0. The highest BCUT2D eigenvalue weighted by Crippen LogP contribution is 2.32. The summed E-state index contributed by atoms with van der Waals surface area (Å²) in [7, 11) is 0. The molecule has 1 nitrogen and oxygen atoms in total. The molecule has 0 unspecified atom stereocenters. The van der Waals surface area contributed by atoms with Crippen LogP contribution in [-0.2, 0) is 4.79 Å². The van der Waals surface area contributed by atoms with Crippen molar-refractivity contribution in [2.45, 2.75) is 38.0 Å². The molecule has 1 aliphatic carbocycles. The monoisotopic (exact) mass is 214 g/mol. The number of allylic oxidation sites excluding steroid dienone is 1. The van der Waals surface area contributed by atoms with Gasteiger partial charge >= 0.3 is 0 Å². The molecule has 0 heterocycles. The summed E-state index contributed by atoms with van der Waals surface area (Å²) in [5, 5.41) is 0. The number of carbonyl (C=O) groups excluding carboxylic acids is 1. The molecule has 84 valence electrons. The molecular formula is C15H18O. The molecule has 1 aliphatic rings. The van der Waals surface area contributed by atoms with Crippen molar-refractivity contribution in [3.05, 3.63) is 41.5 Å². The lowest BCUT2D eigenvalue weighted by molar-refractivity contribution is -0.104. The van der Waals surface area contributed by atoms with Crippen LogP contribution in [0.1, 0.15) is 49.1 Å². The number of benzene rings is 1. The zero-order chi connectivity index (χ0) is 11.2. The van der Waals surface area contributed by atoms with Crippen LogP contribution >= 0.6 is 0 Å². The van der Waals surface area contributed by atoms with Gasteiger partial charge in [-0.1, -0.05) is 49.6 Å². The molecule has 1 heteroatoms. The van der Waals surface area contributed by atoms with E-state index in [0.29, 0.717) is 0 Å². The molecule has 0 bridgehead atoms. The molecule has 0 atom stereocenters. The van der Waals surface area contributed by atoms with E-state index >= 15 is 0 Å². The molecule has 0 radical (unpaired) electrons. The fraction of sp³-hybridized carbons (Fsp3) is 0.400. The van der Waals surface area contributed by atoms with Gasteiger partial charge in [-0.05, 0) is 36.0 Å². The van der Waals surface area contributed by atoms with Gasteiger partial charge in [0, 0.05) is 0 Å². The average Bonchev–Trinajstić information content (AvgIpc) is 2.38. The third kappa shape index (κ3) is 2.82. The van der Waals surface area contributed by atoms with Crippen LogP contribution in [0.25, 0.3) is 6.08 Å². The Balaban J connectivity index is 2.05. The van der Waals surface area contributed by atoms with E-state index in [0.717, 1.165) is 17.8 Å². The largest absolute Gasteiger partial charge is 0.299 e. The Labute approximate surface area is 97.2 Å². The lowest BCUT2D eigenvalue weighted by Gasteiger charge is -2.21. The maximum atomic E-state index is 10.2. The lowest BCUT2D eigenvalue weighted by Crippen LogP contribution is -2.04. The van der Waals surface area contributed by atoms with E-state index in [4.69, 9.17) is 0 Å². The van der Waals surface area contributed by atoms with E-state index in [2.05, 4.69) is 24.3 Å². The fourth-order valence-electron chi connectivity index (χ4n) is 2.47. The van der Waals surface area contributed by atoms with Gasteiger partial charge in [0.1, 0.15) is 6.29 Å². The molecule has 1 saturated carbocycles. The van der Waals surface area contributed by atoms with Crippen LogP contribution in [0.3, 0.4) is 0 Å². The summed E-state index contributed by atoms with van der Waals surface area (Å²) in [6.07, 6.45) is 11.0. The zero-order valence-electron chi connectivity index (χ0n) is 9.56. The second-order valence-corrected chi connectivity index (χ2v) is 4.50. The summed E-state index contributed by atoms with van der Waals surface area (Å²) < 4.78 is 0. The molecule has 0 N–H and O–H groups in total. The molecule has 1 aromatic carbocycles. The predicted molar refractivity (Wildman–Crippen MR) is 67.4 cm³/mol. The molecule has 0 spiro atoms. The van der Waals surface area contributed by atoms with Crippen molar-refractivity contribution in [3.63, 3.8) is 0 Å². The predicted octanol–water partition coefficient (Wildman–Crippen LogP) is 3.95. The maximum Gasteiger partial charge on any atom is 0.142 e. The first-order valence-electron chi connectivity index (χ1n) is 6.12. The van der Waals surface area contributed by atoms with Gasteiger partial charge in [-0.25, -0.2) is 0 Å². The normalized spacial score (nSPS) is 17.8. The van der Waals surface area contributed by atoms with E-state index in [1.165, 1.54) is 43.7 Å². The lowest BCUT2D eigenvalue weighted by atomic mass is 9.84. The van der Waals surface area contributed by atoms with Crippen LogP contribution in [-0.4, -0.2) is 6.29 Å². The number of hydrogen-bond donors (Lipinski definition) is 0. The van der Waals surface area contributed by atoms with E-state index in [-0.39, 0.29) is 0 Å². The quantitative estimate of drug-likeness (QED) is 0.550. The molecule has 0 saturated heterocycles. The highest BCUT2D eigenvalue weighted by molar-refractivity contribution is 5.73. The first kappa shape index (κ1) is 11.1. The van der Waals surface area contributed by atoms with Crippen LogP contribution in [0.5, 0.6) is 0 Å². The molecule has 0 aromatic heterocycles. The van der Waals surface area contributed by atoms with Gasteiger partial charge in [-0.3, -0.25) is 4.79 Å². The van der Waals surface area contributed by atoms with Crippen molar-refractivity contribution >= 4 is 12.4 Å². The topological polar surface area (TPSA) is 17.1 Å². The minimum atomic E-state index is 0.762. The highest BCUT2D eigenvalue weighted by atomic mass is 16.1. The van der Waals surface area contributed by atoms with Gasteiger partial charge in [0.05, 0.1) is 0 Å². The Hall–Kier alpha value is -1.37. The molecule has 0 amide bonds. The van der Waals surface area contributed by atoms with Crippen LogP contribution in [0.15, 0.2) is 30.3 Å². The average molecular weight is 214 g/mol. The van der Waals surface area contributed by atoms with Gasteiger partial charge in [0.25, 0.3) is 0 Å². The van der Waals surface area contributed by atoms with Gasteiger partial charge in [-0.2, -0.15) is 0 Å². The van der Waals surface area contributed by atoms with Crippen molar-refractivity contribution < 1.29 is 4.79 Å². The Morgan fingerprint density at radius 3 is 2.31 bits per heavy atom. The van der Waals surface area contributed by atoms with Gasteiger partial charge in [0.2, 0.25) is 0 Å². The van der Waals surface area contributed by atoms with Crippen molar-refractivity contribution in [1.82, 2.24) is 0 Å². The number of aldehydes is 1. The van der Waals surface area contributed by atoms with Crippen molar-refractivity contribution in [2.75, 3.05) is 0 Å². The first-order chi connectivity index (χ1) is 7.90. The van der Waals surface area contributed by atoms with Crippen molar-refractivity contribution in [2.24, 2.45) is 0 Å². The van der Waals surface area contributed by atoms with E-state index in [1.54, 1.807) is 0 Å². The number of rotatable bonds is 3. The molecule has 1 aromatic rings. The van der Waals surface area contributed by atoms with Crippen molar-refractivity contribution in [3.8, 4) is 0 Å². The van der Waals surface area contributed by atoms with Gasteiger partial charge < -0.3 is 0 Å². The number of carbonyl (C=O) groups is 1. The van der Waals surface area contributed by atoms with E-state index in [9.17, 15) is 4.79 Å². The van der Waals surface area contributed by atoms with E-state index in [1.807, 2.05) is 6.08 Å². The minimum absolute atomic E-state index is 0.762. The summed E-state index contributed by atoms with van der Waals surface area (Å²) in [6, 6.07) is 8.62. The number of hydrogen-bond acceptors (Lipinski definition) is 1.